The lowest BCUT2D eigenvalue weighted by Crippen LogP contribution is -2.50. The van der Waals surface area contributed by atoms with Crippen molar-refractivity contribution in [2.45, 2.75) is 25.3 Å². The van der Waals surface area contributed by atoms with Gasteiger partial charge in [-0.25, -0.2) is 8.42 Å². The van der Waals surface area contributed by atoms with Crippen LogP contribution in [0.25, 0.3) is 0 Å². The summed E-state index contributed by atoms with van der Waals surface area (Å²) in [4.78, 5) is 16.3. The zero-order valence-electron chi connectivity index (χ0n) is 14.6. The van der Waals surface area contributed by atoms with Crippen LogP contribution in [-0.2, 0) is 16.6 Å². The van der Waals surface area contributed by atoms with E-state index in [0.29, 0.717) is 29.3 Å². The number of thiophene rings is 1. The molecule has 26 heavy (non-hydrogen) atoms. The summed E-state index contributed by atoms with van der Waals surface area (Å²) >= 11 is 1.48. The maximum atomic E-state index is 12.8. The van der Waals surface area contributed by atoms with Crippen LogP contribution >= 0.6 is 23.7 Å². The molecule has 1 saturated heterocycles. The highest BCUT2D eigenvalue weighted by Gasteiger charge is 2.32. The second-order valence-corrected chi connectivity index (χ2v) is 9.35. The third-order valence-corrected chi connectivity index (χ3v) is 7.36. The van der Waals surface area contributed by atoms with Crippen molar-refractivity contribution >= 4 is 39.7 Å². The number of aryl methyl sites for hydroxylation is 2. The van der Waals surface area contributed by atoms with Gasteiger partial charge < -0.3 is 15.1 Å². The molecule has 0 spiro atoms. The fourth-order valence-electron chi connectivity index (χ4n) is 2.92. The third-order valence-electron chi connectivity index (χ3n) is 4.24. The molecule has 1 aliphatic rings. The molecule has 0 unspecified atom stereocenters. The molecule has 3 heterocycles. The van der Waals surface area contributed by atoms with Crippen LogP contribution in [0.3, 0.4) is 0 Å². The van der Waals surface area contributed by atoms with Crippen molar-refractivity contribution < 1.29 is 17.6 Å². The third kappa shape index (κ3) is 3.96. The standard InChI is InChI=1S/C16H21N3O4S2.ClH/c1-11-7-15(12(2)24-11)25(21,22)19-5-3-18(4-6-19)16(20)13-8-14(9-17)23-10-13;/h7-8,10H,3-6,9,17H2,1-2H3;1H. The van der Waals surface area contributed by atoms with Crippen molar-refractivity contribution in [3.8, 4) is 0 Å². The molecule has 2 N–H and O–H groups in total. The van der Waals surface area contributed by atoms with E-state index in [-0.39, 0.29) is 37.9 Å². The summed E-state index contributed by atoms with van der Waals surface area (Å²) in [7, 11) is -3.51. The SMILES string of the molecule is Cc1cc(S(=O)(=O)N2CCN(C(=O)c3coc(CN)c3)CC2)c(C)s1.Cl. The van der Waals surface area contributed by atoms with Gasteiger partial charge in [0.2, 0.25) is 10.0 Å². The van der Waals surface area contributed by atoms with E-state index in [9.17, 15) is 13.2 Å². The fraction of sp³-hybridized carbons (Fsp3) is 0.438. The number of piperazine rings is 1. The summed E-state index contributed by atoms with van der Waals surface area (Å²) in [6.45, 7) is 5.21. The number of carbonyl (C=O) groups excluding carboxylic acids is 1. The van der Waals surface area contributed by atoms with Gasteiger partial charge in [0.05, 0.1) is 17.0 Å². The average molecular weight is 420 g/mol. The maximum Gasteiger partial charge on any atom is 0.257 e. The molecule has 0 aliphatic carbocycles. The van der Waals surface area contributed by atoms with Crippen molar-refractivity contribution in [3.63, 3.8) is 0 Å². The molecule has 2 aromatic heterocycles. The molecule has 7 nitrogen and oxygen atoms in total. The number of nitrogens with zero attached hydrogens (tertiary/aromatic N) is 2. The van der Waals surface area contributed by atoms with E-state index in [0.717, 1.165) is 9.75 Å². The van der Waals surface area contributed by atoms with Crippen molar-refractivity contribution in [2.24, 2.45) is 5.73 Å². The van der Waals surface area contributed by atoms with Crippen LogP contribution in [0.2, 0.25) is 0 Å². The van der Waals surface area contributed by atoms with Crippen LogP contribution in [-0.4, -0.2) is 49.7 Å². The number of furan rings is 1. The van der Waals surface area contributed by atoms with E-state index in [1.54, 1.807) is 17.0 Å². The number of hydrogen-bond donors (Lipinski definition) is 1. The van der Waals surface area contributed by atoms with Crippen molar-refractivity contribution in [1.82, 2.24) is 9.21 Å². The van der Waals surface area contributed by atoms with Crippen LogP contribution in [0.1, 0.15) is 25.9 Å². The highest BCUT2D eigenvalue weighted by Crippen LogP contribution is 2.28. The largest absolute Gasteiger partial charge is 0.467 e. The Kier molecular flexibility index (Phi) is 6.51. The average Bonchev–Trinajstić information content (AvgIpc) is 3.20. The highest BCUT2D eigenvalue weighted by atomic mass is 35.5. The van der Waals surface area contributed by atoms with E-state index < -0.39 is 10.0 Å². The van der Waals surface area contributed by atoms with E-state index in [2.05, 4.69) is 0 Å². The summed E-state index contributed by atoms with van der Waals surface area (Å²) in [5.41, 5.74) is 5.93. The second kappa shape index (κ2) is 8.10. The van der Waals surface area contributed by atoms with Gasteiger partial charge in [0, 0.05) is 35.9 Å². The molecule has 10 heteroatoms. The molecule has 0 aromatic carbocycles. The van der Waals surface area contributed by atoms with Gasteiger partial charge in [-0.1, -0.05) is 0 Å². The Labute approximate surface area is 163 Å². The van der Waals surface area contributed by atoms with Gasteiger partial charge >= 0.3 is 0 Å². The molecular formula is C16H22ClN3O4S2. The minimum atomic E-state index is -3.51. The first-order chi connectivity index (χ1) is 11.8. The zero-order valence-corrected chi connectivity index (χ0v) is 17.0. The molecule has 0 atom stereocenters. The smallest absolute Gasteiger partial charge is 0.257 e. The van der Waals surface area contributed by atoms with E-state index in [4.69, 9.17) is 10.2 Å². The summed E-state index contributed by atoms with van der Waals surface area (Å²) < 4.78 is 32.3. The predicted octanol–water partition coefficient (Wildman–Crippen LogP) is 1.99. The van der Waals surface area contributed by atoms with Gasteiger partial charge in [-0.2, -0.15) is 4.31 Å². The number of halogens is 1. The first-order valence-electron chi connectivity index (χ1n) is 7.97. The molecule has 3 rings (SSSR count). The molecule has 0 saturated carbocycles. The van der Waals surface area contributed by atoms with E-state index >= 15 is 0 Å². The minimum absolute atomic E-state index is 0. The van der Waals surface area contributed by atoms with Crippen LogP contribution in [0, 0.1) is 13.8 Å². The maximum absolute atomic E-state index is 12.8. The lowest BCUT2D eigenvalue weighted by Gasteiger charge is -2.33. The van der Waals surface area contributed by atoms with Gasteiger partial charge in [-0.05, 0) is 26.0 Å². The minimum Gasteiger partial charge on any atom is -0.467 e. The number of amides is 1. The number of nitrogens with two attached hydrogens (primary N) is 1. The van der Waals surface area contributed by atoms with Crippen molar-refractivity contribution in [3.05, 3.63) is 39.5 Å². The Bertz CT molecular complexity index is 883. The van der Waals surface area contributed by atoms with Gasteiger partial charge in [-0.3, -0.25) is 4.79 Å². The Hall–Kier alpha value is -1.39. The van der Waals surface area contributed by atoms with Gasteiger partial charge in [0.15, 0.2) is 0 Å². The fourth-order valence-corrected chi connectivity index (χ4v) is 5.86. The van der Waals surface area contributed by atoms with Crippen molar-refractivity contribution in [1.29, 1.82) is 0 Å². The molecule has 0 bridgehead atoms. The quantitative estimate of drug-likeness (QED) is 0.817. The van der Waals surface area contributed by atoms with Gasteiger partial charge in [0.1, 0.15) is 12.0 Å². The Morgan fingerprint density at radius 1 is 1.23 bits per heavy atom. The van der Waals surface area contributed by atoms with Crippen LogP contribution in [0.15, 0.2) is 27.7 Å². The van der Waals surface area contributed by atoms with Crippen LogP contribution in [0.4, 0.5) is 0 Å². The van der Waals surface area contributed by atoms with Gasteiger partial charge in [0.25, 0.3) is 5.91 Å². The summed E-state index contributed by atoms with van der Waals surface area (Å²) in [5.74, 6) is 0.385. The Balaban J connectivity index is 0.00000243. The Morgan fingerprint density at radius 3 is 2.38 bits per heavy atom. The molecular weight excluding hydrogens is 398 g/mol. The second-order valence-electron chi connectivity index (χ2n) is 5.98. The lowest BCUT2D eigenvalue weighted by molar-refractivity contribution is 0.0697. The van der Waals surface area contributed by atoms with Crippen LogP contribution in [0.5, 0.6) is 0 Å². The topological polar surface area (TPSA) is 96.9 Å². The van der Waals surface area contributed by atoms with Gasteiger partial charge in [-0.15, -0.1) is 23.7 Å². The number of sulfonamides is 1. The number of rotatable bonds is 4. The molecule has 1 amide bonds. The first-order valence-corrected chi connectivity index (χ1v) is 10.2. The normalized spacial score (nSPS) is 15.7. The van der Waals surface area contributed by atoms with Crippen LogP contribution < -0.4 is 5.73 Å². The lowest BCUT2D eigenvalue weighted by atomic mass is 10.2. The van der Waals surface area contributed by atoms with E-state index in [1.165, 1.54) is 21.9 Å². The summed E-state index contributed by atoms with van der Waals surface area (Å²) in [6.07, 6.45) is 1.39. The number of carbonyl (C=O) groups is 1. The summed E-state index contributed by atoms with van der Waals surface area (Å²) in [6, 6.07) is 3.34. The van der Waals surface area contributed by atoms with E-state index in [1.807, 2.05) is 13.8 Å². The van der Waals surface area contributed by atoms with Crippen molar-refractivity contribution in [2.75, 3.05) is 26.2 Å². The molecule has 144 valence electrons. The first kappa shape index (κ1) is 20.9. The molecule has 1 fully saturated rings. The molecule has 0 radical (unpaired) electrons. The zero-order chi connectivity index (χ0) is 18.2. The monoisotopic (exact) mass is 419 g/mol. The molecule has 2 aromatic rings. The highest BCUT2D eigenvalue weighted by molar-refractivity contribution is 7.89. The predicted molar refractivity (Wildman–Crippen MR) is 102 cm³/mol. The molecule has 1 aliphatic heterocycles. The summed E-state index contributed by atoms with van der Waals surface area (Å²) in [5, 5.41) is 0. The Morgan fingerprint density at radius 2 is 1.88 bits per heavy atom. The number of hydrogen-bond acceptors (Lipinski definition) is 6.